The number of carboxylic acid groups (broad SMARTS) is 1. The molecule has 0 unspecified atom stereocenters. The van der Waals surface area contributed by atoms with E-state index in [0.717, 1.165) is 5.56 Å². The van der Waals surface area contributed by atoms with Crippen molar-refractivity contribution in [2.75, 3.05) is 0 Å². The zero-order valence-electron chi connectivity index (χ0n) is 15.2. The number of hydrogen-bond donors (Lipinski definition) is 2. The van der Waals surface area contributed by atoms with Gasteiger partial charge in [0.25, 0.3) is 0 Å². The molecule has 0 aromatic heterocycles. The fourth-order valence-electron chi connectivity index (χ4n) is 2.00. The van der Waals surface area contributed by atoms with E-state index in [1.807, 2.05) is 6.07 Å². The number of carboxylic acids is 1. The van der Waals surface area contributed by atoms with Crippen LogP contribution in [0, 0.1) is 5.41 Å². The van der Waals surface area contributed by atoms with E-state index in [-0.39, 0.29) is 6.61 Å². The predicted molar refractivity (Wildman–Crippen MR) is 90.8 cm³/mol. The molecule has 7 heteroatoms. The molecule has 0 bridgehead atoms. The van der Waals surface area contributed by atoms with Crippen LogP contribution in [0.3, 0.4) is 0 Å². The van der Waals surface area contributed by atoms with Gasteiger partial charge in [-0.05, 0) is 40.2 Å². The smallest absolute Gasteiger partial charge is 0.408 e. The first-order chi connectivity index (χ1) is 11.4. The van der Waals surface area contributed by atoms with Gasteiger partial charge in [-0.15, -0.1) is 0 Å². The maximum atomic E-state index is 12.4. The number of aliphatic carboxylic acids is 1. The van der Waals surface area contributed by atoms with E-state index in [1.54, 1.807) is 45.0 Å². The number of hydrogen-bond acceptors (Lipinski definition) is 5. The maximum Gasteiger partial charge on any atom is 0.408 e. The van der Waals surface area contributed by atoms with Crippen LogP contribution < -0.4 is 5.32 Å². The van der Waals surface area contributed by atoms with Crippen molar-refractivity contribution in [3.8, 4) is 0 Å². The van der Waals surface area contributed by atoms with E-state index in [4.69, 9.17) is 9.47 Å². The van der Waals surface area contributed by atoms with Crippen molar-refractivity contribution in [2.24, 2.45) is 5.41 Å². The van der Waals surface area contributed by atoms with E-state index in [2.05, 4.69) is 5.32 Å². The van der Waals surface area contributed by atoms with Crippen LogP contribution in [0.25, 0.3) is 0 Å². The van der Waals surface area contributed by atoms with Gasteiger partial charge in [-0.25, -0.2) is 9.59 Å². The van der Waals surface area contributed by atoms with Gasteiger partial charge in [0.15, 0.2) is 0 Å². The number of carbonyl (C=O) groups excluding carboxylic acids is 2. The molecule has 138 valence electrons. The Labute approximate surface area is 147 Å². The summed E-state index contributed by atoms with van der Waals surface area (Å²) in [6.45, 7) is 7.78. The molecular weight excluding hydrogens is 326 g/mol. The molecular formula is C18H25NO6. The van der Waals surface area contributed by atoms with Crippen LogP contribution in [0.15, 0.2) is 30.3 Å². The highest BCUT2D eigenvalue weighted by molar-refractivity contribution is 5.89. The lowest BCUT2D eigenvalue weighted by atomic mass is 9.84. The van der Waals surface area contributed by atoms with E-state index in [0.29, 0.717) is 0 Å². The first-order valence-corrected chi connectivity index (χ1v) is 7.87. The summed E-state index contributed by atoms with van der Waals surface area (Å²) in [5, 5.41) is 11.6. The minimum Gasteiger partial charge on any atom is -0.480 e. The van der Waals surface area contributed by atoms with Crippen molar-refractivity contribution in [1.29, 1.82) is 0 Å². The average Bonchev–Trinajstić information content (AvgIpc) is 2.49. The highest BCUT2D eigenvalue weighted by atomic mass is 16.6. The van der Waals surface area contributed by atoms with Gasteiger partial charge in [0.05, 0.1) is 5.41 Å². The fourth-order valence-corrected chi connectivity index (χ4v) is 2.00. The molecule has 1 aromatic rings. The van der Waals surface area contributed by atoms with E-state index < -0.39 is 35.1 Å². The second-order valence-electron chi connectivity index (χ2n) is 7.20. The van der Waals surface area contributed by atoms with Gasteiger partial charge in [0.1, 0.15) is 18.2 Å². The average molecular weight is 351 g/mol. The van der Waals surface area contributed by atoms with E-state index >= 15 is 0 Å². The Hall–Kier alpha value is -2.57. The Morgan fingerprint density at radius 1 is 1.08 bits per heavy atom. The first kappa shape index (κ1) is 20.5. The predicted octanol–water partition coefficient (Wildman–Crippen LogP) is 2.73. The minimum absolute atomic E-state index is 0.0158. The van der Waals surface area contributed by atoms with Crippen molar-refractivity contribution in [3.05, 3.63) is 35.9 Å². The van der Waals surface area contributed by atoms with Gasteiger partial charge in [-0.2, -0.15) is 0 Å². The summed E-state index contributed by atoms with van der Waals surface area (Å²) in [6, 6.07) is 7.52. The normalized spacial score (nSPS) is 12.8. The van der Waals surface area contributed by atoms with Crippen molar-refractivity contribution in [3.63, 3.8) is 0 Å². The Balaban J connectivity index is 2.80. The molecule has 0 aliphatic carbocycles. The van der Waals surface area contributed by atoms with Gasteiger partial charge in [-0.1, -0.05) is 30.3 Å². The molecule has 0 fully saturated rings. The van der Waals surface area contributed by atoms with Gasteiger partial charge >= 0.3 is 18.0 Å². The summed E-state index contributed by atoms with van der Waals surface area (Å²) >= 11 is 0. The number of benzene rings is 1. The molecule has 0 heterocycles. The molecule has 1 atom stereocenters. The molecule has 25 heavy (non-hydrogen) atoms. The van der Waals surface area contributed by atoms with Crippen LogP contribution >= 0.6 is 0 Å². The molecule has 1 amide bonds. The lowest BCUT2D eigenvalue weighted by Gasteiger charge is -2.30. The van der Waals surface area contributed by atoms with E-state index in [9.17, 15) is 19.5 Å². The minimum atomic E-state index is -1.49. The van der Waals surface area contributed by atoms with E-state index in [1.165, 1.54) is 13.8 Å². The Morgan fingerprint density at radius 3 is 2.12 bits per heavy atom. The number of nitrogens with one attached hydrogen (secondary N) is 1. The quantitative estimate of drug-likeness (QED) is 0.764. The van der Waals surface area contributed by atoms with Crippen LogP contribution in [0.5, 0.6) is 0 Å². The van der Waals surface area contributed by atoms with Crippen molar-refractivity contribution < 1.29 is 29.0 Å². The van der Waals surface area contributed by atoms with Crippen LogP contribution in [0.4, 0.5) is 4.79 Å². The second-order valence-corrected chi connectivity index (χ2v) is 7.20. The fraction of sp³-hybridized carbons (Fsp3) is 0.500. The highest BCUT2D eigenvalue weighted by Crippen LogP contribution is 2.24. The summed E-state index contributed by atoms with van der Waals surface area (Å²) in [5.41, 5.74) is -1.50. The summed E-state index contributed by atoms with van der Waals surface area (Å²) < 4.78 is 10.3. The molecule has 0 spiro atoms. The van der Waals surface area contributed by atoms with Crippen LogP contribution in [0.2, 0.25) is 0 Å². The molecule has 1 aromatic carbocycles. The summed E-state index contributed by atoms with van der Waals surface area (Å²) in [6.07, 6.45) is -0.913. The zero-order valence-corrected chi connectivity index (χ0v) is 15.2. The maximum absolute atomic E-state index is 12.4. The summed E-state index contributed by atoms with van der Waals surface area (Å²) in [4.78, 5) is 35.8. The molecule has 0 saturated heterocycles. The monoisotopic (exact) mass is 351 g/mol. The van der Waals surface area contributed by atoms with Crippen molar-refractivity contribution >= 4 is 18.0 Å². The molecule has 0 aliphatic rings. The molecule has 1 rings (SSSR count). The van der Waals surface area contributed by atoms with Gasteiger partial charge < -0.3 is 19.9 Å². The van der Waals surface area contributed by atoms with Crippen LogP contribution in [-0.2, 0) is 25.7 Å². The third kappa shape index (κ3) is 6.45. The van der Waals surface area contributed by atoms with Gasteiger partial charge in [-0.3, -0.25) is 4.79 Å². The van der Waals surface area contributed by atoms with Crippen molar-refractivity contribution in [1.82, 2.24) is 5.32 Å². The Bertz CT molecular complexity index is 618. The van der Waals surface area contributed by atoms with Crippen molar-refractivity contribution in [2.45, 2.75) is 52.9 Å². The molecule has 7 nitrogen and oxygen atoms in total. The third-order valence-electron chi connectivity index (χ3n) is 3.37. The van der Waals surface area contributed by atoms with Gasteiger partial charge in [0.2, 0.25) is 0 Å². The van der Waals surface area contributed by atoms with Crippen LogP contribution in [-0.4, -0.2) is 34.8 Å². The number of ether oxygens (including phenoxy) is 2. The number of rotatable bonds is 6. The highest BCUT2D eigenvalue weighted by Gasteiger charge is 2.44. The zero-order chi connectivity index (χ0) is 19.3. The largest absolute Gasteiger partial charge is 0.480 e. The lowest BCUT2D eigenvalue weighted by molar-refractivity contribution is -0.162. The third-order valence-corrected chi connectivity index (χ3v) is 3.37. The molecule has 0 radical (unpaired) electrons. The first-order valence-electron chi connectivity index (χ1n) is 7.87. The molecule has 2 N–H and O–H groups in total. The number of alkyl carbamates (subject to hydrolysis) is 1. The standard InChI is InChI=1S/C18H25NO6/c1-17(2,3)25-16(23)19-13(14(20)21)18(4,5)15(22)24-11-12-9-7-6-8-10-12/h6-10,13H,11H2,1-5H3,(H,19,23)(H,20,21)/t13-/m1/s1. The summed E-state index contributed by atoms with van der Waals surface area (Å²) in [7, 11) is 0. The second kappa shape index (κ2) is 8.00. The SMILES string of the molecule is CC(C)(C)OC(=O)N[C@H](C(=O)O)C(C)(C)C(=O)OCc1ccccc1. The number of esters is 1. The summed E-state index contributed by atoms with van der Waals surface area (Å²) in [5.74, 6) is -2.09. The molecule has 0 saturated carbocycles. The molecule has 0 aliphatic heterocycles. The number of amides is 1. The lowest BCUT2D eigenvalue weighted by Crippen LogP contribution is -2.54. The Morgan fingerprint density at radius 2 is 1.64 bits per heavy atom. The van der Waals surface area contributed by atoms with Crippen LogP contribution in [0.1, 0.15) is 40.2 Å². The topological polar surface area (TPSA) is 102 Å². The Kier molecular flexibility index (Phi) is 6.55. The number of carbonyl (C=O) groups is 3. The van der Waals surface area contributed by atoms with Gasteiger partial charge in [0, 0.05) is 0 Å².